The van der Waals surface area contributed by atoms with Gasteiger partial charge < -0.3 is 5.32 Å². The van der Waals surface area contributed by atoms with E-state index in [2.05, 4.69) is 26.2 Å². The zero-order chi connectivity index (χ0) is 15.5. The van der Waals surface area contributed by atoms with E-state index in [0.29, 0.717) is 6.54 Å². The van der Waals surface area contributed by atoms with E-state index in [1.807, 2.05) is 13.0 Å². The SMILES string of the molecule is Cc1cc(NCc2ccc(SC(F)(F)F)cc2)cnc1Br. The summed E-state index contributed by atoms with van der Waals surface area (Å²) in [7, 11) is 0. The molecule has 1 heterocycles. The van der Waals surface area contributed by atoms with Gasteiger partial charge in [-0.1, -0.05) is 12.1 Å². The number of nitrogens with one attached hydrogen (secondary N) is 1. The molecule has 2 rings (SSSR count). The number of rotatable bonds is 4. The van der Waals surface area contributed by atoms with E-state index in [1.54, 1.807) is 18.3 Å². The van der Waals surface area contributed by atoms with Crippen LogP contribution >= 0.6 is 27.7 Å². The maximum Gasteiger partial charge on any atom is 0.446 e. The predicted molar refractivity (Wildman–Crippen MR) is 82.4 cm³/mol. The van der Waals surface area contributed by atoms with Crippen LogP contribution in [0, 0.1) is 6.92 Å². The summed E-state index contributed by atoms with van der Waals surface area (Å²) in [6, 6.07) is 8.26. The van der Waals surface area contributed by atoms with Crippen LogP contribution in [0.15, 0.2) is 46.0 Å². The van der Waals surface area contributed by atoms with Gasteiger partial charge in [0.2, 0.25) is 0 Å². The lowest BCUT2D eigenvalue weighted by molar-refractivity contribution is -0.0328. The van der Waals surface area contributed by atoms with E-state index < -0.39 is 5.51 Å². The molecule has 0 bridgehead atoms. The van der Waals surface area contributed by atoms with Crippen molar-refractivity contribution in [1.29, 1.82) is 0 Å². The molecule has 112 valence electrons. The molecule has 0 unspecified atom stereocenters. The van der Waals surface area contributed by atoms with E-state index in [1.165, 1.54) is 12.1 Å². The van der Waals surface area contributed by atoms with Crippen LogP contribution in [-0.2, 0) is 6.54 Å². The van der Waals surface area contributed by atoms with Crippen LogP contribution in [0.3, 0.4) is 0 Å². The Hall–Kier alpha value is -1.21. The zero-order valence-electron chi connectivity index (χ0n) is 11.0. The van der Waals surface area contributed by atoms with Crippen LogP contribution in [-0.4, -0.2) is 10.5 Å². The quantitative estimate of drug-likeness (QED) is 0.572. The highest BCUT2D eigenvalue weighted by atomic mass is 79.9. The largest absolute Gasteiger partial charge is 0.446 e. The lowest BCUT2D eigenvalue weighted by Crippen LogP contribution is -2.01. The molecule has 21 heavy (non-hydrogen) atoms. The molecule has 7 heteroatoms. The second-order valence-corrected chi connectivity index (χ2v) is 6.27. The molecule has 0 saturated heterocycles. The molecular weight excluding hydrogens is 365 g/mol. The van der Waals surface area contributed by atoms with Crippen LogP contribution in [0.5, 0.6) is 0 Å². The van der Waals surface area contributed by atoms with Crippen LogP contribution < -0.4 is 5.32 Å². The third-order valence-electron chi connectivity index (χ3n) is 2.67. The summed E-state index contributed by atoms with van der Waals surface area (Å²) < 4.78 is 37.5. The smallest absolute Gasteiger partial charge is 0.380 e. The van der Waals surface area contributed by atoms with Gasteiger partial charge in [-0.3, -0.25) is 0 Å². The van der Waals surface area contributed by atoms with Crippen molar-refractivity contribution in [3.05, 3.63) is 52.3 Å². The Balaban J connectivity index is 1.96. The Morgan fingerprint density at radius 3 is 2.48 bits per heavy atom. The van der Waals surface area contributed by atoms with Crippen LogP contribution in [0.2, 0.25) is 0 Å². The van der Waals surface area contributed by atoms with E-state index in [-0.39, 0.29) is 16.7 Å². The highest BCUT2D eigenvalue weighted by Gasteiger charge is 2.28. The molecule has 0 radical (unpaired) electrons. The van der Waals surface area contributed by atoms with Crippen molar-refractivity contribution < 1.29 is 13.2 Å². The van der Waals surface area contributed by atoms with E-state index in [4.69, 9.17) is 0 Å². The first-order valence-electron chi connectivity index (χ1n) is 6.04. The number of anilines is 1. The number of nitrogens with zero attached hydrogens (tertiary/aromatic N) is 1. The third kappa shape index (κ3) is 5.24. The van der Waals surface area contributed by atoms with Crippen LogP contribution in [0.4, 0.5) is 18.9 Å². The van der Waals surface area contributed by atoms with Gasteiger partial charge in [0, 0.05) is 11.4 Å². The van der Waals surface area contributed by atoms with Crippen molar-refractivity contribution in [3.63, 3.8) is 0 Å². The molecule has 0 atom stereocenters. The number of hydrogen-bond acceptors (Lipinski definition) is 3. The van der Waals surface area contributed by atoms with Gasteiger partial charge in [-0.05, 0) is 63.9 Å². The number of aromatic nitrogens is 1. The van der Waals surface area contributed by atoms with Gasteiger partial charge in [-0.15, -0.1) is 0 Å². The summed E-state index contributed by atoms with van der Waals surface area (Å²) >= 11 is 3.22. The van der Waals surface area contributed by atoms with Crippen LogP contribution in [0.1, 0.15) is 11.1 Å². The van der Waals surface area contributed by atoms with Crippen molar-refractivity contribution >= 4 is 33.4 Å². The number of benzene rings is 1. The maximum absolute atomic E-state index is 12.2. The second-order valence-electron chi connectivity index (χ2n) is 4.38. The first-order chi connectivity index (χ1) is 9.83. The first-order valence-corrected chi connectivity index (χ1v) is 7.65. The summed E-state index contributed by atoms with van der Waals surface area (Å²) in [5.74, 6) is 0. The number of thioether (sulfide) groups is 1. The number of alkyl halides is 3. The lowest BCUT2D eigenvalue weighted by Gasteiger charge is -2.09. The van der Waals surface area contributed by atoms with Gasteiger partial charge in [0.15, 0.2) is 0 Å². The molecule has 0 spiro atoms. The normalized spacial score (nSPS) is 11.5. The molecule has 0 amide bonds. The van der Waals surface area contributed by atoms with E-state index in [9.17, 15) is 13.2 Å². The highest BCUT2D eigenvalue weighted by molar-refractivity contribution is 9.10. The molecule has 0 aliphatic heterocycles. The van der Waals surface area contributed by atoms with Crippen molar-refractivity contribution in [2.24, 2.45) is 0 Å². The molecule has 2 aromatic rings. The minimum absolute atomic E-state index is 0.108. The number of hydrogen-bond donors (Lipinski definition) is 1. The molecule has 0 aliphatic carbocycles. The fourth-order valence-corrected chi connectivity index (χ4v) is 2.42. The fraction of sp³-hybridized carbons (Fsp3) is 0.214. The Bertz CT molecular complexity index is 615. The monoisotopic (exact) mass is 376 g/mol. The van der Waals surface area contributed by atoms with Crippen molar-refractivity contribution in [2.75, 3.05) is 5.32 Å². The molecule has 0 fully saturated rings. The molecule has 0 aliphatic rings. The van der Waals surface area contributed by atoms with E-state index in [0.717, 1.165) is 21.4 Å². The van der Waals surface area contributed by atoms with E-state index >= 15 is 0 Å². The van der Waals surface area contributed by atoms with Gasteiger partial charge in [-0.25, -0.2) is 4.98 Å². The summed E-state index contributed by atoms with van der Waals surface area (Å²) in [5.41, 5.74) is -1.47. The molecule has 0 saturated carbocycles. The third-order valence-corrected chi connectivity index (χ3v) is 4.24. The molecule has 2 nitrogen and oxygen atoms in total. The minimum atomic E-state index is -4.25. The fourth-order valence-electron chi connectivity index (χ4n) is 1.67. The average molecular weight is 377 g/mol. The summed E-state index contributed by atoms with van der Waals surface area (Å²) in [6.07, 6.45) is 1.70. The van der Waals surface area contributed by atoms with Gasteiger partial charge in [0.25, 0.3) is 0 Å². The van der Waals surface area contributed by atoms with Crippen molar-refractivity contribution in [3.8, 4) is 0 Å². The highest BCUT2D eigenvalue weighted by Crippen LogP contribution is 2.36. The first kappa shape index (κ1) is 16.2. The summed E-state index contributed by atoms with van der Waals surface area (Å²) in [4.78, 5) is 4.36. The predicted octanol–water partition coefficient (Wildman–Crippen LogP) is 5.38. The average Bonchev–Trinajstić information content (AvgIpc) is 2.40. The Morgan fingerprint density at radius 1 is 1.24 bits per heavy atom. The maximum atomic E-state index is 12.2. The van der Waals surface area contributed by atoms with Crippen molar-refractivity contribution in [1.82, 2.24) is 4.98 Å². The summed E-state index contributed by atoms with van der Waals surface area (Å²) in [5, 5.41) is 3.18. The van der Waals surface area contributed by atoms with Gasteiger partial charge in [0.05, 0.1) is 11.9 Å². The Labute approximate surface area is 133 Å². The topological polar surface area (TPSA) is 24.9 Å². The summed E-state index contributed by atoms with van der Waals surface area (Å²) in [6.45, 7) is 2.46. The molecule has 1 N–H and O–H groups in total. The number of pyridine rings is 1. The molecule has 1 aromatic carbocycles. The van der Waals surface area contributed by atoms with Gasteiger partial charge in [0.1, 0.15) is 4.60 Å². The van der Waals surface area contributed by atoms with Gasteiger partial charge in [-0.2, -0.15) is 13.2 Å². The second kappa shape index (κ2) is 6.70. The number of halogens is 4. The zero-order valence-corrected chi connectivity index (χ0v) is 13.4. The van der Waals surface area contributed by atoms with Gasteiger partial charge >= 0.3 is 5.51 Å². The molecule has 1 aromatic heterocycles. The Morgan fingerprint density at radius 2 is 1.90 bits per heavy atom. The van der Waals surface area contributed by atoms with Crippen molar-refractivity contribution in [2.45, 2.75) is 23.9 Å². The lowest BCUT2D eigenvalue weighted by atomic mass is 10.2. The number of aryl methyl sites for hydroxylation is 1. The molecular formula is C14H12BrF3N2S. The standard InChI is InChI=1S/C14H12BrF3N2S/c1-9-6-11(8-20-13(9)15)19-7-10-2-4-12(5-3-10)21-14(16,17)18/h2-6,8,19H,7H2,1H3. The van der Waals surface area contributed by atoms with Crippen LogP contribution in [0.25, 0.3) is 0 Å². The minimum Gasteiger partial charge on any atom is -0.380 e. The Kier molecular flexibility index (Phi) is 5.16.